The third kappa shape index (κ3) is 2.52. The first-order valence-corrected chi connectivity index (χ1v) is 6.86. The van der Waals surface area contributed by atoms with Gasteiger partial charge in [-0.2, -0.15) is 0 Å². The molecule has 0 aromatic heterocycles. The van der Waals surface area contributed by atoms with Crippen molar-refractivity contribution in [3.8, 4) is 5.75 Å². The molecule has 1 aromatic rings. The highest BCUT2D eigenvalue weighted by Gasteiger charge is 2.27. The molecule has 2 aliphatic rings. The van der Waals surface area contributed by atoms with Gasteiger partial charge < -0.3 is 14.8 Å². The van der Waals surface area contributed by atoms with E-state index in [4.69, 9.17) is 9.47 Å². The molecule has 1 aliphatic carbocycles. The van der Waals surface area contributed by atoms with Gasteiger partial charge in [-0.05, 0) is 30.9 Å². The maximum Gasteiger partial charge on any atom is 0.123 e. The number of para-hydroxylation sites is 1. The third-order valence-electron chi connectivity index (χ3n) is 4.07. The Morgan fingerprint density at radius 1 is 1.33 bits per heavy atom. The molecule has 0 radical (unpaired) electrons. The van der Waals surface area contributed by atoms with Crippen molar-refractivity contribution in [1.29, 1.82) is 0 Å². The van der Waals surface area contributed by atoms with Crippen LogP contribution >= 0.6 is 0 Å². The van der Waals surface area contributed by atoms with Gasteiger partial charge in [-0.1, -0.05) is 18.2 Å². The molecule has 3 rings (SSSR count). The average Bonchev–Trinajstić information content (AvgIpc) is 3.02. The van der Waals surface area contributed by atoms with Crippen LogP contribution in [0.3, 0.4) is 0 Å². The molecule has 0 spiro atoms. The first kappa shape index (κ1) is 12.0. The topological polar surface area (TPSA) is 30.5 Å². The second kappa shape index (κ2) is 5.29. The fourth-order valence-electron chi connectivity index (χ4n) is 3.01. The molecule has 3 nitrogen and oxygen atoms in total. The Morgan fingerprint density at radius 3 is 3.00 bits per heavy atom. The zero-order chi connectivity index (χ0) is 12.4. The molecule has 1 saturated carbocycles. The highest BCUT2D eigenvalue weighted by molar-refractivity contribution is 5.37. The van der Waals surface area contributed by atoms with Crippen LogP contribution in [0.2, 0.25) is 0 Å². The van der Waals surface area contributed by atoms with Crippen LogP contribution in [0.4, 0.5) is 0 Å². The zero-order valence-electron chi connectivity index (χ0n) is 10.9. The van der Waals surface area contributed by atoms with Crippen molar-refractivity contribution in [2.24, 2.45) is 0 Å². The summed E-state index contributed by atoms with van der Waals surface area (Å²) in [5.41, 5.74) is 1.34. The predicted molar refractivity (Wildman–Crippen MR) is 71.0 cm³/mol. The Bertz CT molecular complexity index is 382. The lowest BCUT2D eigenvalue weighted by atomic mass is 10.1. The Hall–Kier alpha value is -1.06. The number of fused-ring (bicyclic) bond motifs is 1. The van der Waals surface area contributed by atoms with E-state index >= 15 is 0 Å². The summed E-state index contributed by atoms with van der Waals surface area (Å²) in [6.07, 6.45) is 5.31. The Kier molecular flexibility index (Phi) is 3.52. The van der Waals surface area contributed by atoms with Gasteiger partial charge in [0.15, 0.2) is 0 Å². The molecule has 1 fully saturated rings. The lowest BCUT2D eigenvalue weighted by Gasteiger charge is -2.16. The summed E-state index contributed by atoms with van der Waals surface area (Å²) in [7, 11) is 1.81. The molecule has 18 heavy (non-hydrogen) atoms. The Morgan fingerprint density at radius 2 is 2.22 bits per heavy atom. The summed E-state index contributed by atoms with van der Waals surface area (Å²) in [6.45, 7) is 0.940. The molecule has 1 aromatic carbocycles. The van der Waals surface area contributed by atoms with Gasteiger partial charge in [0.1, 0.15) is 11.9 Å². The van der Waals surface area contributed by atoms with Crippen LogP contribution in [0.25, 0.3) is 0 Å². The lowest BCUT2D eigenvalue weighted by molar-refractivity contribution is 0.106. The van der Waals surface area contributed by atoms with Crippen molar-refractivity contribution in [2.45, 2.75) is 43.9 Å². The minimum absolute atomic E-state index is 0.295. The van der Waals surface area contributed by atoms with Gasteiger partial charge in [-0.25, -0.2) is 0 Å². The number of hydrogen-bond donors (Lipinski definition) is 1. The highest BCUT2D eigenvalue weighted by Crippen LogP contribution is 2.28. The van der Waals surface area contributed by atoms with Gasteiger partial charge in [0.25, 0.3) is 0 Å². The van der Waals surface area contributed by atoms with Crippen LogP contribution in [0.1, 0.15) is 24.8 Å². The molecule has 3 atom stereocenters. The summed E-state index contributed by atoms with van der Waals surface area (Å²) in [4.78, 5) is 0. The van der Waals surface area contributed by atoms with E-state index in [1.807, 2.05) is 13.2 Å². The monoisotopic (exact) mass is 247 g/mol. The van der Waals surface area contributed by atoms with E-state index in [-0.39, 0.29) is 0 Å². The SMILES string of the molecule is COC1CCC(NCC2Cc3ccccc3O2)C1. The molecule has 1 heterocycles. The van der Waals surface area contributed by atoms with Gasteiger partial charge >= 0.3 is 0 Å². The van der Waals surface area contributed by atoms with Crippen LogP contribution < -0.4 is 10.1 Å². The van der Waals surface area contributed by atoms with Crippen molar-refractivity contribution < 1.29 is 9.47 Å². The second-order valence-electron chi connectivity index (χ2n) is 5.33. The number of methoxy groups -OCH3 is 1. The van der Waals surface area contributed by atoms with Gasteiger partial charge in [-0.15, -0.1) is 0 Å². The Labute approximate surface area is 108 Å². The van der Waals surface area contributed by atoms with Crippen molar-refractivity contribution in [2.75, 3.05) is 13.7 Å². The van der Waals surface area contributed by atoms with Gasteiger partial charge in [0.2, 0.25) is 0 Å². The van der Waals surface area contributed by atoms with E-state index in [1.165, 1.54) is 18.4 Å². The number of rotatable bonds is 4. The summed E-state index contributed by atoms with van der Waals surface area (Å²) < 4.78 is 11.3. The van der Waals surface area contributed by atoms with E-state index in [2.05, 4.69) is 23.5 Å². The van der Waals surface area contributed by atoms with Crippen molar-refractivity contribution in [1.82, 2.24) is 5.32 Å². The summed E-state index contributed by atoms with van der Waals surface area (Å²) in [6, 6.07) is 8.94. The quantitative estimate of drug-likeness (QED) is 0.884. The zero-order valence-corrected chi connectivity index (χ0v) is 10.9. The van der Waals surface area contributed by atoms with Crippen molar-refractivity contribution in [3.05, 3.63) is 29.8 Å². The van der Waals surface area contributed by atoms with Crippen LogP contribution in [-0.4, -0.2) is 31.9 Å². The minimum atomic E-state index is 0.295. The summed E-state index contributed by atoms with van der Waals surface area (Å²) >= 11 is 0. The van der Waals surface area contributed by atoms with Crippen LogP contribution in [0.5, 0.6) is 5.75 Å². The van der Waals surface area contributed by atoms with Crippen LogP contribution in [-0.2, 0) is 11.2 Å². The van der Waals surface area contributed by atoms with Crippen LogP contribution in [0.15, 0.2) is 24.3 Å². The lowest BCUT2D eigenvalue weighted by Crippen LogP contribution is -2.36. The predicted octanol–water partition coefficient (Wildman–Crippen LogP) is 2.15. The first-order valence-electron chi connectivity index (χ1n) is 6.86. The normalized spacial score (nSPS) is 30.2. The van der Waals surface area contributed by atoms with Gasteiger partial charge in [0, 0.05) is 26.1 Å². The first-order chi connectivity index (χ1) is 8.85. The molecule has 3 unspecified atom stereocenters. The molecule has 0 amide bonds. The number of hydrogen-bond acceptors (Lipinski definition) is 3. The van der Waals surface area contributed by atoms with E-state index in [1.54, 1.807) is 0 Å². The standard InChI is InChI=1S/C15H21NO2/c1-17-13-7-6-12(9-13)16-10-14-8-11-4-2-3-5-15(11)18-14/h2-5,12-14,16H,6-10H2,1H3. The molecule has 1 N–H and O–H groups in total. The number of benzene rings is 1. The Balaban J connectivity index is 1.46. The highest BCUT2D eigenvalue weighted by atomic mass is 16.5. The van der Waals surface area contributed by atoms with E-state index in [9.17, 15) is 0 Å². The maximum atomic E-state index is 5.93. The van der Waals surface area contributed by atoms with E-state index in [0.29, 0.717) is 18.2 Å². The van der Waals surface area contributed by atoms with Gasteiger partial charge in [0.05, 0.1) is 6.10 Å². The summed E-state index contributed by atoms with van der Waals surface area (Å²) in [5.74, 6) is 1.06. The molecule has 1 aliphatic heterocycles. The molecule has 0 saturated heterocycles. The average molecular weight is 247 g/mol. The van der Waals surface area contributed by atoms with E-state index < -0.39 is 0 Å². The molecular weight excluding hydrogens is 226 g/mol. The number of ether oxygens (including phenoxy) is 2. The smallest absolute Gasteiger partial charge is 0.123 e. The van der Waals surface area contributed by atoms with Crippen molar-refractivity contribution in [3.63, 3.8) is 0 Å². The van der Waals surface area contributed by atoms with Crippen molar-refractivity contribution >= 4 is 0 Å². The fourth-order valence-corrected chi connectivity index (χ4v) is 3.01. The minimum Gasteiger partial charge on any atom is -0.488 e. The van der Waals surface area contributed by atoms with Gasteiger partial charge in [-0.3, -0.25) is 0 Å². The molecule has 98 valence electrons. The summed E-state index contributed by atoms with van der Waals surface area (Å²) in [5, 5.41) is 3.62. The number of nitrogens with one attached hydrogen (secondary N) is 1. The third-order valence-corrected chi connectivity index (χ3v) is 4.07. The fraction of sp³-hybridized carbons (Fsp3) is 0.600. The molecular formula is C15H21NO2. The van der Waals surface area contributed by atoms with Crippen LogP contribution in [0, 0.1) is 0 Å². The largest absolute Gasteiger partial charge is 0.488 e. The van der Waals surface area contributed by atoms with E-state index in [0.717, 1.165) is 25.1 Å². The second-order valence-corrected chi connectivity index (χ2v) is 5.33. The maximum absolute atomic E-state index is 5.93. The molecule has 0 bridgehead atoms. The molecule has 3 heteroatoms.